The van der Waals surface area contributed by atoms with Gasteiger partial charge in [-0.3, -0.25) is 0 Å². The quantitative estimate of drug-likeness (QED) is 0.834. The zero-order chi connectivity index (χ0) is 11.6. The van der Waals surface area contributed by atoms with E-state index in [0.717, 1.165) is 25.3 Å². The Morgan fingerprint density at radius 1 is 1.44 bits per heavy atom. The summed E-state index contributed by atoms with van der Waals surface area (Å²) >= 11 is 0. The van der Waals surface area contributed by atoms with Crippen LogP contribution in [-0.4, -0.2) is 39.2 Å². The van der Waals surface area contributed by atoms with Crippen molar-refractivity contribution in [2.24, 2.45) is 0 Å². The second-order valence-corrected chi connectivity index (χ2v) is 4.55. The first-order valence-electron chi connectivity index (χ1n) is 5.72. The SMILES string of the molecule is CNC1(c2cccc(OC)c2)CCN(C)C1. The highest BCUT2D eigenvalue weighted by atomic mass is 16.5. The van der Waals surface area contributed by atoms with E-state index in [1.54, 1.807) is 7.11 Å². The zero-order valence-corrected chi connectivity index (χ0v) is 10.3. The van der Waals surface area contributed by atoms with Crippen LogP contribution in [0.2, 0.25) is 0 Å². The second-order valence-electron chi connectivity index (χ2n) is 4.55. The van der Waals surface area contributed by atoms with E-state index in [0.29, 0.717) is 0 Å². The number of likely N-dealkylation sites (N-methyl/N-ethyl adjacent to an activating group) is 2. The Kier molecular flexibility index (Phi) is 3.17. The fourth-order valence-corrected chi connectivity index (χ4v) is 2.51. The molecule has 1 aliphatic heterocycles. The third-order valence-electron chi connectivity index (χ3n) is 3.56. The normalized spacial score (nSPS) is 25.9. The lowest BCUT2D eigenvalue weighted by molar-refractivity contribution is 0.332. The molecule has 1 atom stereocenters. The van der Waals surface area contributed by atoms with Crippen molar-refractivity contribution in [3.8, 4) is 5.75 Å². The van der Waals surface area contributed by atoms with Crippen molar-refractivity contribution in [2.45, 2.75) is 12.0 Å². The van der Waals surface area contributed by atoms with Gasteiger partial charge in [0.25, 0.3) is 0 Å². The van der Waals surface area contributed by atoms with E-state index in [1.165, 1.54) is 5.56 Å². The molecule has 1 aliphatic rings. The van der Waals surface area contributed by atoms with Crippen LogP contribution in [0.3, 0.4) is 0 Å². The summed E-state index contributed by atoms with van der Waals surface area (Å²) in [5.41, 5.74) is 1.40. The Labute approximate surface area is 97.4 Å². The van der Waals surface area contributed by atoms with Crippen LogP contribution in [0, 0.1) is 0 Å². The predicted octanol–water partition coefficient (Wildman–Crippen LogP) is 1.45. The van der Waals surface area contributed by atoms with E-state index in [4.69, 9.17) is 4.74 Å². The van der Waals surface area contributed by atoms with E-state index in [2.05, 4.69) is 35.5 Å². The van der Waals surface area contributed by atoms with Crippen LogP contribution < -0.4 is 10.1 Å². The Bertz CT molecular complexity index is 367. The molecule has 0 aliphatic carbocycles. The molecule has 3 heteroatoms. The molecule has 0 amide bonds. The second kappa shape index (κ2) is 4.44. The molecule has 2 rings (SSSR count). The molecule has 1 fully saturated rings. The average Bonchev–Trinajstić information content (AvgIpc) is 2.72. The maximum absolute atomic E-state index is 5.29. The van der Waals surface area contributed by atoms with Gasteiger partial charge in [0, 0.05) is 13.1 Å². The molecule has 3 nitrogen and oxygen atoms in total. The van der Waals surface area contributed by atoms with Crippen molar-refractivity contribution in [3.63, 3.8) is 0 Å². The number of nitrogens with one attached hydrogen (secondary N) is 1. The van der Waals surface area contributed by atoms with Crippen LogP contribution in [0.5, 0.6) is 5.75 Å². The molecule has 0 spiro atoms. The van der Waals surface area contributed by atoms with Gasteiger partial charge in [0.1, 0.15) is 5.75 Å². The summed E-state index contributed by atoms with van der Waals surface area (Å²) in [5, 5.41) is 3.48. The molecule has 1 saturated heterocycles. The van der Waals surface area contributed by atoms with Gasteiger partial charge in [-0.25, -0.2) is 0 Å². The maximum atomic E-state index is 5.29. The first-order valence-corrected chi connectivity index (χ1v) is 5.72. The van der Waals surface area contributed by atoms with Crippen LogP contribution in [-0.2, 0) is 5.54 Å². The monoisotopic (exact) mass is 220 g/mol. The fourth-order valence-electron chi connectivity index (χ4n) is 2.51. The van der Waals surface area contributed by atoms with Gasteiger partial charge in [-0.05, 0) is 38.2 Å². The topological polar surface area (TPSA) is 24.5 Å². The van der Waals surface area contributed by atoms with Gasteiger partial charge in [-0.2, -0.15) is 0 Å². The summed E-state index contributed by atoms with van der Waals surface area (Å²) in [6, 6.07) is 8.37. The molecule has 0 radical (unpaired) electrons. The molecule has 0 aromatic heterocycles. The van der Waals surface area contributed by atoms with Crippen LogP contribution in [0.4, 0.5) is 0 Å². The van der Waals surface area contributed by atoms with E-state index in [1.807, 2.05) is 13.1 Å². The Hall–Kier alpha value is -1.06. The number of hydrogen-bond acceptors (Lipinski definition) is 3. The van der Waals surface area contributed by atoms with Gasteiger partial charge in [0.15, 0.2) is 0 Å². The molecular formula is C13H20N2O. The molecular weight excluding hydrogens is 200 g/mol. The van der Waals surface area contributed by atoms with Gasteiger partial charge < -0.3 is 15.0 Å². The predicted molar refractivity (Wildman–Crippen MR) is 65.8 cm³/mol. The number of methoxy groups -OCH3 is 1. The van der Waals surface area contributed by atoms with Crippen LogP contribution in [0.1, 0.15) is 12.0 Å². The number of benzene rings is 1. The van der Waals surface area contributed by atoms with Crippen LogP contribution >= 0.6 is 0 Å². The largest absolute Gasteiger partial charge is 0.497 e. The van der Waals surface area contributed by atoms with E-state index < -0.39 is 0 Å². The highest BCUT2D eigenvalue weighted by molar-refractivity contribution is 5.34. The third-order valence-corrected chi connectivity index (χ3v) is 3.56. The Morgan fingerprint density at radius 2 is 2.25 bits per heavy atom. The summed E-state index contributed by atoms with van der Waals surface area (Å²) in [6.07, 6.45) is 1.15. The fraction of sp³-hybridized carbons (Fsp3) is 0.538. The summed E-state index contributed by atoms with van der Waals surface area (Å²) in [7, 11) is 5.92. The highest BCUT2D eigenvalue weighted by Crippen LogP contribution is 2.32. The standard InChI is InChI=1S/C13H20N2O/c1-14-13(7-8-15(2)10-13)11-5-4-6-12(9-11)16-3/h4-6,9,14H,7-8,10H2,1-3H3. The molecule has 1 aromatic carbocycles. The van der Waals surface area contributed by atoms with Crippen molar-refractivity contribution in [3.05, 3.63) is 29.8 Å². The smallest absolute Gasteiger partial charge is 0.119 e. The van der Waals surface area contributed by atoms with Crippen LogP contribution in [0.15, 0.2) is 24.3 Å². The lowest BCUT2D eigenvalue weighted by atomic mass is 9.89. The van der Waals surface area contributed by atoms with Crippen molar-refractivity contribution in [1.82, 2.24) is 10.2 Å². The van der Waals surface area contributed by atoms with Crippen molar-refractivity contribution < 1.29 is 4.74 Å². The van der Waals surface area contributed by atoms with E-state index in [-0.39, 0.29) is 5.54 Å². The van der Waals surface area contributed by atoms with Gasteiger partial charge >= 0.3 is 0 Å². The summed E-state index contributed by atoms with van der Waals surface area (Å²) < 4.78 is 5.29. The minimum Gasteiger partial charge on any atom is -0.497 e. The van der Waals surface area contributed by atoms with E-state index in [9.17, 15) is 0 Å². The third kappa shape index (κ3) is 1.93. The first-order chi connectivity index (χ1) is 7.70. The van der Waals surface area contributed by atoms with Gasteiger partial charge in [-0.1, -0.05) is 12.1 Å². The van der Waals surface area contributed by atoms with Gasteiger partial charge in [-0.15, -0.1) is 0 Å². The molecule has 1 aromatic rings. The molecule has 0 saturated carbocycles. The zero-order valence-electron chi connectivity index (χ0n) is 10.3. The van der Waals surface area contributed by atoms with E-state index >= 15 is 0 Å². The summed E-state index contributed by atoms with van der Waals surface area (Å²) in [5.74, 6) is 0.932. The molecule has 0 bridgehead atoms. The summed E-state index contributed by atoms with van der Waals surface area (Å²) in [6.45, 7) is 2.19. The minimum absolute atomic E-state index is 0.0866. The van der Waals surface area contributed by atoms with Gasteiger partial charge in [0.2, 0.25) is 0 Å². The van der Waals surface area contributed by atoms with Gasteiger partial charge in [0.05, 0.1) is 12.6 Å². The summed E-state index contributed by atoms with van der Waals surface area (Å²) in [4.78, 5) is 2.36. The van der Waals surface area contributed by atoms with Crippen molar-refractivity contribution in [1.29, 1.82) is 0 Å². The molecule has 1 N–H and O–H groups in total. The molecule has 1 unspecified atom stereocenters. The molecule has 88 valence electrons. The number of rotatable bonds is 3. The number of ether oxygens (including phenoxy) is 1. The van der Waals surface area contributed by atoms with Crippen molar-refractivity contribution in [2.75, 3.05) is 34.3 Å². The van der Waals surface area contributed by atoms with Crippen LogP contribution in [0.25, 0.3) is 0 Å². The minimum atomic E-state index is 0.0866. The lowest BCUT2D eigenvalue weighted by Crippen LogP contribution is -2.42. The number of likely N-dealkylation sites (tertiary alicyclic amines) is 1. The Balaban J connectivity index is 2.33. The highest BCUT2D eigenvalue weighted by Gasteiger charge is 2.36. The lowest BCUT2D eigenvalue weighted by Gasteiger charge is -2.29. The molecule has 16 heavy (non-hydrogen) atoms. The number of hydrogen-bond donors (Lipinski definition) is 1. The Morgan fingerprint density at radius 3 is 2.81 bits per heavy atom. The molecule has 1 heterocycles. The first kappa shape index (κ1) is 11.4. The van der Waals surface area contributed by atoms with Crippen molar-refractivity contribution >= 4 is 0 Å². The number of nitrogens with zero attached hydrogens (tertiary/aromatic N) is 1. The maximum Gasteiger partial charge on any atom is 0.119 e. The average molecular weight is 220 g/mol.